The number of halogens is 3. The highest BCUT2D eigenvalue weighted by molar-refractivity contribution is 5.81. The van der Waals surface area contributed by atoms with Gasteiger partial charge in [0.25, 0.3) is 0 Å². The Balaban J connectivity index is 4.20. The first-order valence-electron chi connectivity index (χ1n) is 5.42. The lowest BCUT2D eigenvalue weighted by Gasteiger charge is -2.19. The number of carboxylic acid groups (broad SMARTS) is 1. The van der Waals surface area contributed by atoms with Crippen LogP contribution in [0.5, 0.6) is 0 Å². The van der Waals surface area contributed by atoms with Gasteiger partial charge in [0.15, 0.2) is 0 Å². The SMILES string of the molecule is CNC(C)C(=O)NCCC(CC(=O)O)C(F)(F)F. The third-order valence-corrected chi connectivity index (χ3v) is 2.50. The molecule has 0 spiro atoms. The number of rotatable bonds is 7. The van der Waals surface area contributed by atoms with E-state index < -0.39 is 42.9 Å². The molecule has 0 aromatic carbocycles. The molecule has 5 nitrogen and oxygen atoms in total. The van der Waals surface area contributed by atoms with E-state index in [1.54, 1.807) is 14.0 Å². The third-order valence-electron chi connectivity index (χ3n) is 2.50. The summed E-state index contributed by atoms with van der Waals surface area (Å²) in [5.41, 5.74) is 0. The first kappa shape index (κ1) is 16.7. The minimum Gasteiger partial charge on any atom is -0.481 e. The molecule has 0 aliphatic carbocycles. The van der Waals surface area contributed by atoms with E-state index in [9.17, 15) is 22.8 Å². The van der Waals surface area contributed by atoms with Gasteiger partial charge in [-0.1, -0.05) is 0 Å². The molecule has 2 unspecified atom stereocenters. The van der Waals surface area contributed by atoms with E-state index >= 15 is 0 Å². The molecule has 0 aromatic heterocycles. The highest BCUT2D eigenvalue weighted by atomic mass is 19.4. The van der Waals surface area contributed by atoms with E-state index in [1.807, 2.05) is 0 Å². The summed E-state index contributed by atoms with van der Waals surface area (Å²) in [7, 11) is 1.55. The molecule has 0 fully saturated rings. The van der Waals surface area contributed by atoms with Crippen LogP contribution >= 0.6 is 0 Å². The average Bonchev–Trinajstić information content (AvgIpc) is 2.24. The van der Waals surface area contributed by atoms with E-state index in [-0.39, 0.29) is 6.54 Å². The summed E-state index contributed by atoms with van der Waals surface area (Å²) in [4.78, 5) is 21.6. The van der Waals surface area contributed by atoms with Crippen molar-refractivity contribution < 1.29 is 27.9 Å². The standard InChI is InChI=1S/C10H17F3N2O3/c1-6(14-2)9(18)15-4-3-7(5-8(16)17)10(11,12)13/h6-7,14H,3-5H2,1-2H3,(H,15,18)(H,16,17). The molecule has 0 aliphatic rings. The summed E-state index contributed by atoms with van der Waals surface area (Å²) in [6.45, 7) is 1.36. The lowest BCUT2D eigenvalue weighted by molar-refractivity contribution is -0.184. The van der Waals surface area contributed by atoms with Gasteiger partial charge in [-0.3, -0.25) is 9.59 Å². The number of carboxylic acids is 1. The molecule has 2 atom stereocenters. The fourth-order valence-corrected chi connectivity index (χ4v) is 1.25. The highest BCUT2D eigenvalue weighted by Gasteiger charge is 2.40. The zero-order valence-corrected chi connectivity index (χ0v) is 10.2. The van der Waals surface area contributed by atoms with Crippen LogP contribution in [0.25, 0.3) is 0 Å². The number of amides is 1. The van der Waals surface area contributed by atoms with Crippen LogP contribution in [0.4, 0.5) is 13.2 Å². The summed E-state index contributed by atoms with van der Waals surface area (Å²) >= 11 is 0. The van der Waals surface area contributed by atoms with Crippen LogP contribution in [0.15, 0.2) is 0 Å². The van der Waals surface area contributed by atoms with Crippen molar-refractivity contribution in [3.05, 3.63) is 0 Å². The molecule has 1 amide bonds. The van der Waals surface area contributed by atoms with Gasteiger partial charge in [0.2, 0.25) is 5.91 Å². The molecule has 106 valence electrons. The Morgan fingerprint density at radius 1 is 1.33 bits per heavy atom. The van der Waals surface area contributed by atoms with E-state index in [2.05, 4.69) is 10.6 Å². The molecule has 0 heterocycles. The van der Waals surface area contributed by atoms with E-state index in [0.29, 0.717) is 0 Å². The second-order valence-electron chi connectivity index (χ2n) is 3.93. The molecule has 0 radical (unpaired) electrons. The largest absolute Gasteiger partial charge is 0.481 e. The van der Waals surface area contributed by atoms with E-state index in [1.165, 1.54) is 0 Å². The maximum atomic E-state index is 12.4. The average molecular weight is 270 g/mol. The smallest absolute Gasteiger partial charge is 0.392 e. The van der Waals surface area contributed by atoms with Crippen molar-refractivity contribution >= 4 is 11.9 Å². The zero-order valence-electron chi connectivity index (χ0n) is 10.2. The Labute approximate surface area is 103 Å². The Morgan fingerprint density at radius 3 is 2.28 bits per heavy atom. The number of aliphatic carboxylic acids is 1. The zero-order chi connectivity index (χ0) is 14.3. The van der Waals surface area contributed by atoms with Gasteiger partial charge >= 0.3 is 12.1 Å². The number of likely N-dealkylation sites (N-methyl/N-ethyl adjacent to an activating group) is 1. The Hall–Kier alpha value is -1.31. The quantitative estimate of drug-likeness (QED) is 0.638. The highest BCUT2D eigenvalue weighted by Crippen LogP contribution is 2.31. The molecule has 0 saturated carbocycles. The third kappa shape index (κ3) is 6.43. The van der Waals surface area contributed by atoms with Crippen molar-refractivity contribution in [2.24, 2.45) is 5.92 Å². The van der Waals surface area contributed by atoms with Crippen molar-refractivity contribution in [2.75, 3.05) is 13.6 Å². The van der Waals surface area contributed by atoms with Crippen LogP contribution in [0.1, 0.15) is 19.8 Å². The Morgan fingerprint density at radius 2 is 1.89 bits per heavy atom. The van der Waals surface area contributed by atoms with Crippen LogP contribution in [-0.2, 0) is 9.59 Å². The lowest BCUT2D eigenvalue weighted by atomic mass is 10.0. The van der Waals surface area contributed by atoms with Gasteiger partial charge in [0.1, 0.15) is 0 Å². The maximum absolute atomic E-state index is 12.4. The van der Waals surface area contributed by atoms with Crippen molar-refractivity contribution in [2.45, 2.75) is 32.0 Å². The van der Waals surface area contributed by atoms with Gasteiger partial charge in [0.05, 0.1) is 18.4 Å². The molecular weight excluding hydrogens is 253 g/mol. The summed E-state index contributed by atoms with van der Waals surface area (Å²) in [5, 5.41) is 13.3. The molecule has 0 aliphatic heterocycles. The summed E-state index contributed by atoms with van der Waals surface area (Å²) < 4.78 is 37.3. The van der Waals surface area contributed by atoms with Crippen LogP contribution in [0, 0.1) is 5.92 Å². The summed E-state index contributed by atoms with van der Waals surface area (Å²) in [5.74, 6) is -3.87. The minimum atomic E-state index is -4.57. The van der Waals surface area contributed by atoms with Gasteiger partial charge in [-0.15, -0.1) is 0 Å². The number of nitrogens with one attached hydrogen (secondary N) is 2. The fourth-order valence-electron chi connectivity index (χ4n) is 1.25. The second-order valence-corrected chi connectivity index (χ2v) is 3.93. The van der Waals surface area contributed by atoms with Crippen LogP contribution in [0.2, 0.25) is 0 Å². The number of hydrogen-bond acceptors (Lipinski definition) is 3. The van der Waals surface area contributed by atoms with Crippen molar-refractivity contribution in [3.8, 4) is 0 Å². The van der Waals surface area contributed by atoms with Crippen LogP contribution < -0.4 is 10.6 Å². The van der Waals surface area contributed by atoms with Gasteiger partial charge in [-0.2, -0.15) is 13.2 Å². The molecule has 3 N–H and O–H groups in total. The minimum absolute atomic E-state index is 0.206. The second kappa shape index (κ2) is 7.20. The van der Waals surface area contributed by atoms with Crippen LogP contribution in [0.3, 0.4) is 0 Å². The molecule has 0 rings (SSSR count). The predicted molar refractivity (Wildman–Crippen MR) is 57.9 cm³/mol. The molecule has 18 heavy (non-hydrogen) atoms. The molecule has 0 aromatic rings. The Bertz CT molecular complexity index is 295. The summed E-state index contributed by atoms with van der Waals surface area (Å²) in [6.07, 6.45) is -6.00. The van der Waals surface area contributed by atoms with Gasteiger partial charge < -0.3 is 15.7 Å². The maximum Gasteiger partial charge on any atom is 0.392 e. The summed E-state index contributed by atoms with van der Waals surface area (Å²) in [6, 6.07) is -0.506. The van der Waals surface area contributed by atoms with Gasteiger partial charge in [-0.25, -0.2) is 0 Å². The fraction of sp³-hybridized carbons (Fsp3) is 0.800. The number of carbonyl (C=O) groups excluding carboxylic acids is 1. The van der Waals surface area contributed by atoms with E-state index in [4.69, 9.17) is 5.11 Å². The first-order valence-corrected chi connectivity index (χ1v) is 5.42. The van der Waals surface area contributed by atoms with Crippen molar-refractivity contribution in [1.82, 2.24) is 10.6 Å². The number of carbonyl (C=O) groups is 2. The predicted octanol–water partition coefficient (Wildman–Crippen LogP) is 0.754. The normalized spacial score (nSPS) is 14.9. The lowest BCUT2D eigenvalue weighted by Crippen LogP contribution is -2.41. The molecule has 0 bridgehead atoms. The van der Waals surface area contributed by atoms with Gasteiger partial charge in [-0.05, 0) is 20.4 Å². The topological polar surface area (TPSA) is 78.4 Å². The number of hydrogen-bond donors (Lipinski definition) is 3. The Kier molecular flexibility index (Phi) is 6.67. The number of alkyl halides is 3. The monoisotopic (exact) mass is 270 g/mol. The van der Waals surface area contributed by atoms with Crippen LogP contribution in [-0.4, -0.2) is 42.8 Å². The van der Waals surface area contributed by atoms with Crippen molar-refractivity contribution in [3.63, 3.8) is 0 Å². The molecule has 0 saturated heterocycles. The van der Waals surface area contributed by atoms with Crippen molar-refractivity contribution in [1.29, 1.82) is 0 Å². The molecule has 8 heteroatoms. The molecular formula is C10H17F3N2O3. The van der Waals surface area contributed by atoms with Gasteiger partial charge in [0, 0.05) is 6.54 Å². The van der Waals surface area contributed by atoms with E-state index in [0.717, 1.165) is 0 Å². The first-order chi connectivity index (χ1) is 8.18.